The van der Waals surface area contributed by atoms with E-state index in [0.29, 0.717) is 49.2 Å². The van der Waals surface area contributed by atoms with Gasteiger partial charge < -0.3 is 19.3 Å². The van der Waals surface area contributed by atoms with Crippen LogP contribution < -0.4 is 14.4 Å². The van der Waals surface area contributed by atoms with Crippen molar-refractivity contribution in [1.82, 2.24) is 24.6 Å². The maximum Gasteiger partial charge on any atom is 0.254 e. The van der Waals surface area contributed by atoms with Gasteiger partial charge in [-0.15, -0.1) is 0 Å². The lowest BCUT2D eigenvalue weighted by Crippen LogP contribution is -2.49. The van der Waals surface area contributed by atoms with Gasteiger partial charge in [-0.25, -0.2) is 14.6 Å². The van der Waals surface area contributed by atoms with Crippen molar-refractivity contribution >= 4 is 22.8 Å². The molecule has 0 spiro atoms. The van der Waals surface area contributed by atoms with Crippen LogP contribution in [0.2, 0.25) is 0 Å². The van der Waals surface area contributed by atoms with Crippen molar-refractivity contribution in [2.45, 2.75) is 20.3 Å². The van der Waals surface area contributed by atoms with Gasteiger partial charge in [0.15, 0.2) is 5.65 Å². The van der Waals surface area contributed by atoms with Crippen molar-refractivity contribution in [3.05, 3.63) is 66.1 Å². The monoisotopic (exact) mass is 500 g/mol. The van der Waals surface area contributed by atoms with Gasteiger partial charge in [-0.05, 0) is 30.2 Å². The maximum absolute atomic E-state index is 13.3. The number of para-hydroxylation sites is 1. The van der Waals surface area contributed by atoms with Crippen LogP contribution in [0.15, 0.2) is 54.7 Å². The Morgan fingerprint density at radius 3 is 2.24 bits per heavy atom. The molecule has 1 fully saturated rings. The van der Waals surface area contributed by atoms with Crippen molar-refractivity contribution < 1.29 is 14.3 Å². The van der Waals surface area contributed by atoms with E-state index in [2.05, 4.69) is 23.8 Å². The molecule has 0 radical (unpaired) electrons. The number of methoxy groups -OCH3 is 2. The normalized spacial score (nSPS) is 13.9. The first-order valence-corrected chi connectivity index (χ1v) is 12.5. The Morgan fingerprint density at radius 1 is 0.946 bits per heavy atom. The molecule has 0 unspecified atom stereocenters. The van der Waals surface area contributed by atoms with Crippen molar-refractivity contribution in [1.29, 1.82) is 0 Å². The molecule has 4 aromatic rings. The van der Waals surface area contributed by atoms with Gasteiger partial charge in [-0.2, -0.15) is 5.10 Å². The van der Waals surface area contributed by atoms with Crippen LogP contribution in [0.25, 0.3) is 16.7 Å². The Morgan fingerprint density at radius 2 is 1.62 bits per heavy atom. The Kier molecular flexibility index (Phi) is 6.94. The van der Waals surface area contributed by atoms with Crippen LogP contribution in [-0.2, 0) is 6.42 Å². The van der Waals surface area contributed by atoms with Crippen LogP contribution in [0.1, 0.15) is 30.0 Å². The van der Waals surface area contributed by atoms with E-state index in [0.717, 1.165) is 34.8 Å². The summed E-state index contributed by atoms with van der Waals surface area (Å²) in [6.45, 7) is 6.82. The molecular formula is C28H32N6O3. The number of hydrogen-bond donors (Lipinski definition) is 0. The lowest BCUT2D eigenvalue weighted by atomic mass is 10.1. The van der Waals surface area contributed by atoms with Crippen molar-refractivity contribution in [3.8, 4) is 17.2 Å². The summed E-state index contributed by atoms with van der Waals surface area (Å²) in [7, 11) is 3.16. The summed E-state index contributed by atoms with van der Waals surface area (Å²) in [4.78, 5) is 27.3. The van der Waals surface area contributed by atoms with Crippen LogP contribution >= 0.6 is 0 Å². The predicted molar refractivity (Wildman–Crippen MR) is 143 cm³/mol. The Hall–Kier alpha value is -4.14. The van der Waals surface area contributed by atoms with Crippen molar-refractivity contribution in [2.24, 2.45) is 5.92 Å². The number of rotatable bonds is 7. The van der Waals surface area contributed by atoms with E-state index < -0.39 is 0 Å². The van der Waals surface area contributed by atoms with Crippen molar-refractivity contribution in [2.75, 3.05) is 45.3 Å². The van der Waals surface area contributed by atoms with E-state index in [4.69, 9.17) is 19.4 Å². The molecule has 0 aliphatic carbocycles. The maximum atomic E-state index is 13.3. The summed E-state index contributed by atoms with van der Waals surface area (Å²) in [5, 5.41) is 5.57. The number of benzene rings is 2. The molecule has 192 valence electrons. The molecular weight excluding hydrogens is 468 g/mol. The van der Waals surface area contributed by atoms with Gasteiger partial charge in [0.25, 0.3) is 5.91 Å². The molecule has 1 aliphatic rings. The number of anilines is 1. The molecule has 1 amide bonds. The van der Waals surface area contributed by atoms with Crippen LogP contribution in [0.5, 0.6) is 11.5 Å². The molecule has 3 heterocycles. The molecule has 37 heavy (non-hydrogen) atoms. The van der Waals surface area contributed by atoms with E-state index in [1.807, 2.05) is 46.1 Å². The van der Waals surface area contributed by atoms with Gasteiger partial charge in [-0.1, -0.05) is 32.0 Å². The third-order valence-corrected chi connectivity index (χ3v) is 6.51. The molecule has 1 saturated heterocycles. The third kappa shape index (κ3) is 5.07. The number of fused-ring (bicyclic) bond motifs is 1. The summed E-state index contributed by atoms with van der Waals surface area (Å²) >= 11 is 0. The highest BCUT2D eigenvalue weighted by atomic mass is 16.5. The number of ether oxygens (including phenoxy) is 2. The minimum Gasteiger partial charge on any atom is -0.497 e. The Labute approximate surface area is 216 Å². The lowest BCUT2D eigenvalue weighted by Gasteiger charge is -2.35. The van der Waals surface area contributed by atoms with E-state index >= 15 is 0 Å². The number of hydrogen-bond acceptors (Lipinski definition) is 7. The molecule has 0 saturated carbocycles. The minimum atomic E-state index is -0.0397. The SMILES string of the molecule is COc1cc(OC)cc(C(=O)N2CCN(c3nc(CC(C)C)nc4c3cnn4-c3ccccc3)CC2)c1. The Balaban J connectivity index is 1.42. The van der Waals surface area contributed by atoms with Crippen LogP contribution in [0, 0.1) is 5.92 Å². The molecule has 2 aromatic heterocycles. The topological polar surface area (TPSA) is 85.6 Å². The first-order chi connectivity index (χ1) is 18.0. The minimum absolute atomic E-state index is 0.0397. The van der Waals surface area contributed by atoms with Gasteiger partial charge in [0.1, 0.15) is 23.1 Å². The second kappa shape index (κ2) is 10.5. The van der Waals surface area contributed by atoms with Gasteiger partial charge in [0.05, 0.1) is 31.5 Å². The molecule has 0 N–H and O–H groups in total. The number of carbonyl (C=O) groups is 1. The van der Waals surface area contributed by atoms with Crippen LogP contribution in [0.4, 0.5) is 5.82 Å². The molecule has 0 bridgehead atoms. The standard InChI is InChI=1S/C28H32N6O3/c1-19(2)14-25-30-26(24-18-29-34(27(24)31-25)21-8-6-5-7-9-21)32-10-12-33(13-11-32)28(35)20-15-22(36-3)17-23(16-20)37-4/h5-9,15-19H,10-14H2,1-4H3. The first kappa shape index (κ1) is 24.5. The average molecular weight is 501 g/mol. The summed E-state index contributed by atoms with van der Waals surface area (Å²) in [6.07, 6.45) is 2.62. The largest absolute Gasteiger partial charge is 0.497 e. The molecule has 5 rings (SSSR count). The van der Waals surface area contributed by atoms with E-state index in [9.17, 15) is 4.79 Å². The zero-order valence-electron chi connectivity index (χ0n) is 21.7. The summed E-state index contributed by atoms with van der Waals surface area (Å²) < 4.78 is 12.6. The molecule has 0 atom stereocenters. The summed E-state index contributed by atoms with van der Waals surface area (Å²) in [6, 6.07) is 15.3. The smallest absolute Gasteiger partial charge is 0.254 e. The second-order valence-corrected chi connectivity index (χ2v) is 9.57. The average Bonchev–Trinajstić information content (AvgIpc) is 3.36. The fourth-order valence-electron chi connectivity index (χ4n) is 4.63. The van der Waals surface area contributed by atoms with Gasteiger partial charge in [0.2, 0.25) is 0 Å². The number of piperazine rings is 1. The fraction of sp³-hybridized carbons (Fsp3) is 0.357. The van der Waals surface area contributed by atoms with E-state index in [1.54, 1.807) is 32.4 Å². The second-order valence-electron chi connectivity index (χ2n) is 9.57. The lowest BCUT2D eigenvalue weighted by molar-refractivity contribution is 0.0746. The summed E-state index contributed by atoms with van der Waals surface area (Å²) in [5.74, 6) is 3.25. The molecule has 2 aromatic carbocycles. The first-order valence-electron chi connectivity index (χ1n) is 12.5. The highest BCUT2D eigenvalue weighted by Crippen LogP contribution is 2.28. The van der Waals surface area contributed by atoms with Gasteiger partial charge in [-0.3, -0.25) is 4.79 Å². The number of amides is 1. The van der Waals surface area contributed by atoms with Crippen LogP contribution in [0.3, 0.4) is 0 Å². The Bertz CT molecular complexity index is 1370. The summed E-state index contributed by atoms with van der Waals surface area (Å²) in [5.41, 5.74) is 2.31. The zero-order chi connectivity index (χ0) is 25.9. The fourth-order valence-corrected chi connectivity index (χ4v) is 4.63. The van der Waals surface area contributed by atoms with Gasteiger partial charge in [0, 0.05) is 44.2 Å². The van der Waals surface area contributed by atoms with E-state index in [-0.39, 0.29) is 5.91 Å². The molecule has 1 aliphatic heterocycles. The van der Waals surface area contributed by atoms with E-state index in [1.165, 1.54) is 0 Å². The predicted octanol–water partition coefficient (Wildman–Crippen LogP) is 3.99. The quantitative estimate of drug-likeness (QED) is 0.379. The number of nitrogens with zero attached hydrogens (tertiary/aromatic N) is 6. The molecule has 9 heteroatoms. The number of carbonyl (C=O) groups excluding carboxylic acids is 1. The van der Waals surface area contributed by atoms with Crippen LogP contribution in [-0.4, -0.2) is 71.0 Å². The highest BCUT2D eigenvalue weighted by molar-refractivity contribution is 5.95. The highest BCUT2D eigenvalue weighted by Gasteiger charge is 2.26. The molecule has 9 nitrogen and oxygen atoms in total. The zero-order valence-corrected chi connectivity index (χ0v) is 21.7. The third-order valence-electron chi connectivity index (χ3n) is 6.51. The number of aromatic nitrogens is 4. The van der Waals surface area contributed by atoms with Crippen molar-refractivity contribution in [3.63, 3.8) is 0 Å². The van der Waals surface area contributed by atoms with Gasteiger partial charge >= 0.3 is 0 Å².